The van der Waals surface area contributed by atoms with Crippen molar-refractivity contribution in [2.24, 2.45) is 7.05 Å². The quantitative estimate of drug-likeness (QED) is 0.430. The minimum Gasteiger partial charge on any atom is -0.462 e. The van der Waals surface area contributed by atoms with Gasteiger partial charge in [0.25, 0.3) is 0 Å². The van der Waals surface area contributed by atoms with Gasteiger partial charge in [0, 0.05) is 22.9 Å². The number of hydrogen-bond acceptors (Lipinski definition) is 9. The first kappa shape index (κ1) is 21.5. The molecule has 29 heavy (non-hydrogen) atoms. The van der Waals surface area contributed by atoms with E-state index in [1.165, 1.54) is 22.2 Å². The molecule has 0 aliphatic heterocycles. The van der Waals surface area contributed by atoms with Gasteiger partial charge in [0.1, 0.15) is 4.88 Å². The molecule has 0 bridgehead atoms. The predicted molar refractivity (Wildman–Crippen MR) is 116 cm³/mol. The SMILES string of the molecule is CCOC(=O)c1sc(NC(=O)CSc2nnc(-c3csc(C)c3C)n2C)nc1C. The molecule has 11 heteroatoms. The molecule has 0 aliphatic carbocycles. The Bertz CT molecular complexity index is 1050. The lowest BCUT2D eigenvalue weighted by Crippen LogP contribution is -2.14. The van der Waals surface area contributed by atoms with E-state index in [1.54, 1.807) is 25.2 Å². The van der Waals surface area contributed by atoms with Crippen LogP contribution in [0, 0.1) is 20.8 Å². The van der Waals surface area contributed by atoms with E-state index in [4.69, 9.17) is 4.74 Å². The van der Waals surface area contributed by atoms with Gasteiger partial charge >= 0.3 is 5.97 Å². The summed E-state index contributed by atoms with van der Waals surface area (Å²) < 4.78 is 6.88. The number of rotatable bonds is 7. The monoisotopic (exact) mass is 451 g/mol. The molecular weight excluding hydrogens is 430 g/mol. The van der Waals surface area contributed by atoms with Crippen molar-refractivity contribution in [1.29, 1.82) is 0 Å². The topological polar surface area (TPSA) is 99.0 Å². The van der Waals surface area contributed by atoms with Gasteiger partial charge in [-0.2, -0.15) is 0 Å². The van der Waals surface area contributed by atoms with Crippen LogP contribution < -0.4 is 5.32 Å². The molecule has 0 unspecified atom stereocenters. The van der Waals surface area contributed by atoms with Gasteiger partial charge in [-0.25, -0.2) is 9.78 Å². The molecule has 0 atom stereocenters. The highest BCUT2D eigenvalue weighted by Gasteiger charge is 2.19. The maximum Gasteiger partial charge on any atom is 0.350 e. The first-order chi connectivity index (χ1) is 13.8. The van der Waals surface area contributed by atoms with E-state index < -0.39 is 5.97 Å². The van der Waals surface area contributed by atoms with Crippen molar-refractivity contribution in [3.8, 4) is 11.4 Å². The Kier molecular flexibility index (Phi) is 6.70. The van der Waals surface area contributed by atoms with Crippen LogP contribution in [0.1, 0.15) is 32.7 Å². The van der Waals surface area contributed by atoms with Gasteiger partial charge < -0.3 is 14.6 Å². The Morgan fingerprint density at radius 3 is 2.69 bits per heavy atom. The number of aromatic nitrogens is 4. The van der Waals surface area contributed by atoms with Crippen LogP contribution in [0.15, 0.2) is 10.5 Å². The number of thioether (sulfide) groups is 1. The zero-order chi connectivity index (χ0) is 21.1. The number of esters is 1. The molecule has 0 aliphatic rings. The van der Waals surface area contributed by atoms with Crippen LogP contribution in [0.25, 0.3) is 11.4 Å². The van der Waals surface area contributed by atoms with Crippen LogP contribution in [0.5, 0.6) is 0 Å². The predicted octanol–water partition coefficient (Wildman–Crippen LogP) is 3.83. The number of nitrogens with zero attached hydrogens (tertiary/aromatic N) is 4. The number of ether oxygens (including phenoxy) is 1. The maximum absolute atomic E-state index is 12.3. The number of hydrogen-bond donors (Lipinski definition) is 1. The van der Waals surface area contributed by atoms with Crippen molar-refractivity contribution in [2.75, 3.05) is 17.7 Å². The van der Waals surface area contributed by atoms with Crippen molar-refractivity contribution in [2.45, 2.75) is 32.9 Å². The fourth-order valence-corrected chi connectivity index (χ4v) is 4.98. The highest BCUT2D eigenvalue weighted by Crippen LogP contribution is 2.31. The molecule has 154 valence electrons. The first-order valence-corrected chi connectivity index (χ1v) is 11.5. The van der Waals surface area contributed by atoms with Gasteiger partial charge in [0.2, 0.25) is 5.91 Å². The lowest BCUT2D eigenvalue weighted by Gasteiger charge is -2.04. The number of carbonyl (C=O) groups excluding carboxylic acids is 2. The largest absolute Gasteiger partial charge is 0.462 e. The van der Waals surface area contributed by atoms with Crippen molar-refractivity contribution in [3.05, 3.63) is 26.4 Å². The van der Waals surface area contributed by atoms with E-state index in [-0.39, 0.29) is 11.7 Å². The van der Waals surface area contributed by atoms with Crippen LogP contribution in [0.4, 0.5) is 5.13 Å². The van der Waals surface area contributed by atoms with Gasteiger partial charge in [-0.3, -0.25) is 4.79 Å². The molecule has 3 heterocycles. The Balaban J connectivity index is 1.63. The van der Waals surface area contributed by atoms with Gasteiger partial charge in [0.05, 0.1) is 18.1 Å². The number of carbonyl (C=O) groups is 2. The molecule has 0 fully saturated rings. The number of aryl methyl sites for hydroxylation is 2. The standard InChI is InChI=1S/C18H21N5O3S3/c1-6-26-16(25)14-10(3)19-17(29-14)20-13(24)8-28-18-22-21-15(23(18)5)12-7-27-11(4)9(12)2/h7H,6,8H2,1-5H3,(H,19,20,24). The van der Waals surface area contributed by atoms with E-state index in [1.807, 2.05) is 11.6 Å². The second-order valence-corrected chi connectivity index (χ2v) is 9.21. The highest BCUT2D eigenvalue weighted by atomic mass is 32.2. The molecule has 3 aromatic heterocycles. The van der Waals surface area contributed by atoms with Gasteiger partial charge in [-0.1, -0.05) is 23.1 Å². The molecule has 0 saturated carbocycles. The molecule has 1 N–H and O–H groups in total. The van der Waals surface area contributed by atoms with Gasteiger partial charge in [-0.15, -0.1) is 21.5 Å². The number of thiophene rings is 1. The zero-order valence-electron chi connectivity index (χ0n) is 16.7. The summed E-state index contributed by atoms with van der Waals surface area (Å²) in [6.07, 6.45) is 0. The fraction of sp³-hybridized carbons (Fsp3) is 0.389. The van der Waals surface area contributed by atoms with Crippen LogP contribution in [-0.4, -0.2) is 44.0 Å². The second kappa shape index (κ2) is 9.06. The summed E-state index contributed by atoms with van der Waals surface area (Å²) in [4.78, 5) is 30.1. The summed E-state index contributed by atoms with van der Waals surface area (Å²) in [6, 6.07) is 0. The Morgan fingerprint density at radius 2 is 2.03 bits per heavy atom. The summed E-state index contributed by atoms with van der Waals surface area (Å²) >= 11 is 4.08. The first-order valence-electron chi connectivity index (χ1n) is 8.83. The third kappa shape index (κ3) is 4.68. The van der Waals surface area contributed by atoms with Gasteiger partial charge in [-0.05, 0) is 33.3 Å². The molecule has 3 rings (SSSR count). The Hall–Kier alpha value is -2.24. The lowest BCUT2D eigenvalue weighted by molar-refractivity contribution is -0.113. The number of thiazole rings is 1. The van der Waals surface area contributed by atoms with Crippen LogP contribution >= 0.6 is 34.4 Å². The maximum atomic E-state index is 12.3. The summed E-state index contributed by atoms with van der Waals surface area (Å²) in [5.41, 5.74) is 2.79. The van der Waals surface area contributed by atoms with E-state index in [9.17, 15) is 9.59 Å². The second-order valence-electron chi connectivity index (χ2n) is 6.19. The van der Waals surface area contributed by atoms with E-state index >= 15 is 0 Å². The molecule has 8 nitrogen and oxygen atoms in total. The average molecular weight is 452 g/mol. The fourth-order valence-electron chi connectivity index (χ4n) is 2.53. The van der Waals surface area contributed by atoms with Crippen molar-refractivity contribution < 1.29 is 14.3 Å². The highest BCUT2D eigenvalue weighted by molar-refractivity contribution is 7.99. The molecule has 0 spiro atoms. The van der Waals surface area contributed by atoms with E-state index in [0.29, 0.717) is 27.5 Å². The minimum atomic E-state index is -0.428. The van der Waals surface area contributed by atoms with Gasteiger partial charge in [0.15, 0.2) is 16.1 Å². The molecule has 1 amide bonds. The Morgan fingerprint density at radius 1 is 1.28 bits per heavy atom. The number of nitrogens with one attached hydrogen (secondary N) is 1. The van der Waals surface area contributed by atoms with Crippen molar-refractivity contribution in [3.63, 3.8) is 0 Å². The lowest BCUT2D eigenvalue weighted by atomic mass is 10.2. The van der Waals surface area contributed by atoms with E-state index in [2.05, 4.69) is 39.7 Å². The molecule has 3 aromatic rings. The summed E-state index contributed by atoms with van der Waals surface area (Å²) in [5, 5.41) is 14.3. The molecular formula is C18H21N5O3S3. The van der Waals surface area contributed by atoms with Crippen LogP contribution in [0.2, 0.25) is 0 Å². The van der Waals surface area contributed by atoms with Crippen molar-refractivity contribution in [1.82, 2.24) is 19.7 Å². The van der Waals surface area contributed by atoms with Crippen LogP contribution in [0.3, 0.4) is 0 Å². The number of amides is 1. The Labute approximate surface area is 180 Å². The average Bonchev–Trinajstić information content (AvgIpc) is 3.32. The smallest absolute Gasteiger partial charge is 0.350 e. The third-order valence-electron chi connectivity index (χ3n) is 4.20. The minimum absolute atomic E-state index is 0.154. The summed E-state index contributed by atoms with van der Waals surface area (Å²) in [7, 11) is 1.89. The zero-order valence-corrected chi connectivity index (χ0v) is 19.2. The summed E-state index contributed by atoms with van der Waals surface area (Å²) in [5.74, 6) is 0.277. The number of anilines is 1. The van der Waals surface area contributed by atoms with Crippen LogP contribution in [-0.2, 0) is 16.6 Å². The summed E-state index contributed by atoms with van der Waals surface area (Å²) in [6.45, 7) is 7.89. The molecule has 0 radical (unpaired) electrons. The van der Waals surface area contributed by atoms with Crippen molar-refractivity contribution >= 4 is 51.4 Å². The molecule has 0 saturated heterocycles. The normalized spacial score (nSPS) is 10.9. The molecule has 0 aromatic carbocycles. The van der Waals surface area contributed by atoms with E-state index in [0.717, 1.165) is 22.7 Å². The third-order valence-corrected chi connectivity index (χ3v) is 7.28.